The number of hydrogen-bond donors (Lipinski definition) is 1. The van der Waals surface area contributed by atoms with Crippen LogP contribution in [0.2, 0.25) is 0 Å². The van der Waals surface area contributed by atoms with Crippen LogP contribution in [0.25, 0.3) is 0 Å². The van der Waals surface area contributed by atoms with Gasteiger partial charge in [0.05, 0.1) is 0 Å². The van der Waals surface area contributed by atoms with Crippen molar-refractivity contribution in [2.75, 3.05) is 0 Å². The van der Waals surface area contributed by atoms with Gasteiger partial charge in [-0.2, -0.15) is 0 Å². The predicted molar refractivity (Wildman–Crippen MR) is 84.3 cm³/mol. The number of rotatable bonds is 6. The highest BCUT2D eigenvalue weighted by Crippen LogP contribution is 2.24. The second-order valence-corrected chi connectivity index (χ2v) is 6.29. The molecule has 0 aliphatic rings. The van der Waals surface area contributed by atoms with Gasteiger partial charge < -0.3 is 5.32 Å². The first-order valence-electron chi connectivity index (χ1n) is 6.93. The van der Waals surface area contributed by atoms with Gasteiger partial charge in [-0.15, -0.1) is 11.8 Å². The Bertz CT molecular complexity index is 562. The van der Waals surface area contributed by atoms with Gasteiger partial charge in [-0.1, -0.05) is 26.0 Å². The molecule has 2 aromatic rings. The second-order valence-electron chi connectivity index (χ2n) is 5.25. The monoisotopic (exact) mass is 307 g/mol. The van der Waals surface area contributed by atoms with Crippen LogP contribution in [0.1, 0.15) is 25.0 Å². The van der Waals surface area contributed by atoms with E-state index < -0.39 is 11.6 Å². The molecule has 0 unspecified atom stereocenters. The molecule has 0 fully saturated rings. The lowest BCUT2D eigenvalue weighted by atomic mass is 10.2. The summed E-state index contributed by atoms with van der Waals surface area (Å²) in [6, 6.07) is 12.3. The van der Waals surface area contributed by atoms with Gasteiger partial charge in [0.2, 0.25) is 0 Å². The maximum Gasteiger partial charge on any atom is 0.126 e. The number of hydrogen-bond acceptors (Lipinski definition) is 2. The smallest absolute Gasteiger partial charge is 0.126 e. The van der Waals surface area contributed by atoms with E-state index >= 15 is 0 Å². The van der Waals surface area contributed by atoms with E-state index in [9.17, 15) is 8.78 Å². The molecule has 0 saturated heterocycles. The molecule has 0 amide bonds. The molecular formula is C17H19F2NS. The van der Waals surface area contributed by atoms with Crippen molar-refractivity contribution in [1.82, 2.24) is 5.32 Å². The summed E-state index contributed by atoms with van der Waals surface area (Å²) in [5.41, 5.74) is 1.88. The first-order valence-corrected chi connectivity index (χ1v) is 7.91. The molecule has 0 aliphatic heterocycles. The van der Waals surface area contributed by atoms with Gasteiger partial charge in [0, 0.05) is 29.3 Å². The summed E-state index contributed by atoms with van der Waals surface area (Å²) in [6.45, 7) is 5.07. The fourth-order valence-corrected chi connectivity index (χ4v) is 2.71. The molecular weight excluding hydrogens is 288 g/mol. The first kappa shape index (κ1) is 16.0. The summed E-state index contributed by atoms with van der Waals surface area (Å²) in [5.74, 6) is -0.500. The molecule has 0 radical (unpaired) electrons. The Kier molecular flexibility index (Phi) is 5.76. The van der Waals surface area contributed by atoms with Crippen molar-refractivity contribution < 1.29 is 8.78 Å². The lowest BCUT2D eigenvalue weighted by molar-refractivity contribution is 0.581. The van der Waals surface area contributed by atoms with Crippen molar-refractivity contribution in [3.8, 4) is 0 Å². The van der Waals surface area contributed by atoms with E-state index in [1.165, 1.54) is 17.7 Å². The minimum absolute atomic E-state index is 0.460. The first-order chi connectivity index (χ1) is 10.0. The molecule has 0 atom stereocenters. The average Bonchev–Trinajstić information content (AvgIpc) is 2.43. The number of benzene rings is 2. The van der Waals surface area contributed by atoms with E-state index in [1.54, 1.807) is 11.8 Å². The van der Waals surface area contributed by atoms with E-state index in [0.29, 0.717) is 17.4 Å². The van der Waals surface area contributed by atoms with Gasteiger partial charge in [0.1, 0.15) is 11.6 Å². The maximum absolute atomic E-state index is 13.1. The van der Waals surface area contributed by atoms with E-state index in [1.807, 2.05) is 12.1 Å². The molecule has 4 heteroatoms. The van der Waals surface area contributed by atoms with Gasteiger partial charge in [-0.25, -0.2) is 8.78 Å². The summed E-state index contributed by atoms with van der Waals surface area (Å²) in [4.78, 5) is 1.09. The van der Waals surface area contributed by atoms with Gasteiger partial charge >= 0.3 is 0 Å². The van der Waals surface area contributed by atoms with Crippen molar-refractivity contribution in [1.29, 1.82) is 0 Å². The second kappa shape index (κ2) is 7.57. The van der Waals surface area contributed by atoms with Crippen molar-refractivity contribution in [3.05, 3.63) is 65.2 Å². The fraction of sp³-hybridized carbons (Fsp3) is 0.294. The Morgan fingerprint density at radius 3 is 2.14 bits per heavy atom. The standard InChI is InChI=1S/C17H19F2NS/c1-12(2)20-10-13-3-5-17(6-4-13)21-11-14-7-15(18)9-16(19)8-14/h3-9,12,20H,10-11H2,1-2H3. The lowest BCUT2D eigenvalue weighted by Crippen LogP contribution is -2.21. The zero-order valence-corrected chi connectivity index (χ0v) is 13.0. The van der Waals surface area contributed by atoms with Crippen LogP contribution in [-0.2, 0) is 12.3 Å². The molecule has 2 aromatic carbocycles. The SMILES string of the molecule is CC(C)NCc1ccc(SCc2cc(F)cc(F)c2)cc1. The van der Waals surface area contributed by atoms with Gasteiger partial charge in [-0.05, 0) is 35.4 Å². The van der Waals surface area contributed by atoms with E-state index in [-0.39, 0.29) is 0 Å². The van der Waals surface area contributed by atoms with E-state index in [2.05, 4.69) is 31.3 Å². The minimum Gasteiger partial charge on any atom is -0.310 e. The molecule has 1 nitrogen and oxygen atoms in total. The average molecular weight is 307 g/mol. The Balaban J connectivity index is 1.91. The third kappa shape index (κ3) is 5.48. The van der Waals surface area contributed by atoms with E-state index in [0.717, 1.165) is 17.5 Å². The molecule has 0 aromatic heterocycles. The summed E-state index contributed by atoms with van der Waals surface area (Å²) in [5, 5.41) is 3.36. The van der Waals surface area contributed by atoms with Gasteiger partial charge in [0.15, 0.2) is 0 Å². The van der Waals surface area contributed by atoms with Crippen LogP contribution in [-0.4, -0.2) is 6.04 Å². The van der Waals surface area contributed by atoms with Gasteiger partial charge in [0.25, 0.3) is 0 Å². The van der Waals surface area contributed by atoms with Crippen molar-refractivity contribution in [2.45, 2.75) is 37.1 Å². The fourth-order valence-electron chi connectivity index (χ4n) is 1.89. The van der Waals surface area contributed by atoms with Crippen molar-refractivity contribution in [2.24, 2.45) is 0 Å². The molecule has 0 aliphatic carbocycles. The van der Waals surface area contributed by atoms with Crippen molar-refractivity contribution in [3.63, 3.8) is 0 Å². The highest BCUT2D eigenvalue weighted by atomic mass is 32.2. The zero-order chi connectivity index (χ0) is 15.2. The summed E-state index contributed by atoms with van der Waals surface area (Å²) in [6.07, 6.45) is 0. The number of halogens is 2. The third-order valence-corrected chi connectivity index (χ3v) is 4.05. The molecule has 0 heterocycles. The number of thioether (sulfide) groups is 1. The molecule has 1 N–H and O–H groups in total. The van der Waals surface area contributed by atoms with Crippen LogP contribution in [0, 0.1) is 11.6 Å². The normalized spacial score (nSPS) is 11.1. The summed E-state index contributed by atoms with van der Waals surface area (Å²) in [7, 11) is 0. The Morgan fingerprint density at radius 2 is 1.57 bits per heavy atom. The van der Waals surface area contributed by atoms with Gasteiger partial charge in [-0.3, -0.25) is 0 Å². The Morgan fingerprint density at radius 1 is 0.952 bits per heavy atom. The molecule has 2 rings (SSSR count). The van der Waals surface area contributed by atoms with Crippen LogP contribution in [0.4, 0.5) is 8.78 Å². The minimum atomic E-state index is -0.527. The topological polar surface area (TPSA) is 12.0 Å². The van der Waals surface area contributed by atoms with Crippen LogP contribution in [0.5, 0.6) is 0 Å². The number of nitrogens with one attached hydrogen (secondary N) is 1. The zero-order valence-electron chi connectivity index (χ0n) is 12.2. The van der Waals surface area contributed by atoms with Crippen LogP contribution in [0.15, 0.2) is 47.4 Å². The molecule has 0 spiro atoms. The van der Waals surface area contributed by atoms with Crippen LogP contribution in [0.3, 0.4) is 0 Å². The van der Waals surface area contributed by atoms with E-state index in [4.69, 9.17) is 0 Å². The summed E-state index contributed by atoms with van der Waals surface area (Å²) >= 11 is 1.57. The Labute approximate surface area is 128 Å². The highest BCUT2D eigenvalue weighted by Gasteiger charge is 2.02. The third-order valence-electron chi connectivity index (χ3n) is 2.97. The maximum atomic E-state index is 13.1. The largest absolute Gasteiger partial charge is 0.310 e. The quantitative estimate of drug-likeness (QED) is 0.773. The Hall–Kier alpha value is -1.39. The highest BCUT2D eigenvalue weighted by molar-refractivity contribution is 7.98. The van der Waals surface area contributed by atoms with Crippen LogP contribution < -0.4 is 5.32 Å². The molecule has 21 heavy (non-hydrogen) atoms. The summed E-state index contributed by atoms with van der Waals surface area (Å²) < 4.78 is 26.2. The van der Waals surface area contributed by atoms with Crippen LogP contribution >= 0.6 is 11.8 Å². The molecule has 0 saturated carbocycles. The lowest BCUT2D eigenvalue weighted by Gasteiger charge is -2.08. The molecule has 112 valence electrons. The predicted octanol–water partition coefficient (Wildman–Crippen LogP) is 4.76. The molecule has 0 bridgehead atoms. The van der Waals surface area contributed by atoms with Crippen molar-refractivity contribution >= 4 is 11.8 Å².